The number of aromatic nitrogens is 2. The molecule has 0 unspecified atom stereocenters. The molecule has 0 saturated carbocycles. The zero-order chi connectivity index (χ0) is 14.5. The lowest BCUT2D eigenvalue weighted by molar-refractivity contribution is 0.102. The number of amides is 1. The summed E-state index contributed by atoms with van der Waals surface area (Å²) in [6.45, 7) is 6.10. The van der Waals surface area contributed by atoms with Gasteiger partial charge in [-0.3, -0.25) is 10.1 Å². The maximum absolute atomic E-state index is 12.3. The highest BCUT2D eigenvalue weighted by Crippen LogP contribution is 2.18. The monoisotopic (exact) mass is 289 g/mol. The molecular formula is C15H19N3OS. The molecule has 1 heterocycles. The lowest BCUT2D eigenvalue weighted by Gasteiger charge is -2.07. The highest BCUT2D eigenvalue weighted by molar-refractivity contribution is 7.15. The SMILES string of the molecule is CCCc1ccc(C)c(C(=O)Nc2nnc(CC)s2)c1. The summed E-state index contributed by atoms with van der Waals surface area (Å²) in [7, 11) is 0. The van der Waals surface area contributed by atoms with Gasteiger partial charge in [-0.05, 0) is 37.0 Å². The fraction of sp³-hybridized carbons (Fsp3) is 0.400. The Kier molecular flexibility index (Phi) is 4.84. The third-order valence-corrected chi connectivity index (χ3v) is 4.06. The molecule has 0 bridgehead atoms. The minimum atomic E-state index is -0.112. The van der Waals surface area contributed by atoms with Crippen LogP contribution in [0, 0.1) is 6.92 Å². The molecule has 0 fully saturated rings. The van der Waals surface area contributed by atoms with Crippen LogP contribution in [-0.2, 0) is 12.8 Å². The fourth-order valence-electron chi connectivity index (χ4n) is 1.97. The van der Waals surface area contributed by atoms with E-state index in [1.165, 1.54) is 16.9 Å². The first kappa shape index (κ1) is 14.7. The van der Waals surface area contributed by atoms with Crippen LogP contribution in [0.2, 0.25) is 0 Å². The molecule has 2 rings (SSSR count). The summed E-state index contributed by atoms with van der Waals surface area (Å²) < 4.78 is 0. The zero-order valence-electron chi connectivity index (χ0n) is 12.1. The van der Waals surface area contributed by atoms with Crippen LogP contribution in [0.15, 0.2) is 18.2 Å². The van der Waals surface area contributed by atoms with Gasteiger partial charge >= 0.3 is 0 Å². The van der Waals surface area contributed by atoms with E-state index in [1.807, 2.05) is 26.0 Å². The van der Waals surface area contributed by atoms with E-state index in [-0.39, 0.29) is 5.91 Å². The van der Waals surface area contributed by atoms with Crippen molar-refractivity contribution in [1.29, 1.82) is 0 Å². The van der Waals surface area contributed by atoms with E-state index in [4.69, 9.17) is 0 Å². The lowest BCUT2D eigenvalue weighted by atomic mass is 10.0. The molecule has 0 aliphatic carbocycles. The Morgan fingerprint density at radius 2 is 2.10 bits per heavy atom. The third-order valence-electron chi connectivity index (χ3n) is 3.08. The summed E-state index contributed by atoms with van der Waals surface area (Å²) in [6, 6.07) is 6.04. The van der Waals surface area contributed by atoms with Gasteiger partial charge in [0, 0.05) is 5.56 Å². The van der Waals surface area contributed by atoms with E-state index in [9.17, 15) is 4.79 Å². The maximum atomic E-state index is 12.3. The van der Waals surface area contributed by atoms with Crippen LogP contribution < -0.4 is 5.32 Å². The van der Waals surface area contributed by atoms with Crippen LogP contribution in [0.4, 0.5) is 5.13 Å². The first-order valence-corrected chi connectivity index (χ1v) is 7.69. The highest BCUT2D eigenvalue weighted by Gasteiger charge is 2.12. The molecule has 0 saturated heterocycles. The second-order valence-electron chi connectivity index (χ2n) is 4.71. The Morgan fingerprint density at radius 3 is 2.75 bits per heavy atom. The van der Waals surface area contributed by atoms with Crippen LogP contribution in [0.3, 0.4) is 0 Å². The molecular weight excluding hydrogens is 270 g/mol. The quantitative estimate of drug-likeness (QED) is 0.914. The van der Waals surface area contributed by atoms with Crippen molar-refractivity contribution in [3.63, 3.8) is 0 Å². The first-order valence-electron chi connectivity index (χ1n) is 6.87. The first-order chi connectivity index (χ1) is 9.63. The van der Waals surface area contributed by atoms with Gasteiger partial charge in [0.15, 0.2) is 0 Å². The van der Waals surface area contributed by atoms with E-state index < -0.39 is 0 Å². The number of carbonyl (C=O) groups excluding carboxylic acids is 1. The maximum Gasteiger partial charge on any atom is 0.257 e. The van der Waals surface area contributed by atoms with Crippen molar-refractivity contribution in [2.24, 2.45) is 0 Å². The van der Waals surface area contributed by atoms with Crippen molar-refractivity contribution in [3.8, 4) is 0 Å². The topological polar surface area (TPSA) is 54.9 Å². The number of carbonyl (C=O) groups is 1. The molecule has 4 nitrogen and oxygen atoms in total. The van der Waals surface area contributed by atoms with Gasteiger partial charge in [-0.15, -0.1) is 10.2 Å². The Labute approximate surface area is 123 Å². The lowest BCUT2D eigenvalue weighted by Crippen LogP contribution is -2.13. The molecule has 0 aliphatic heterocycles. The van der Waals surface area contributed by atoms with Gasteiger partial charge < -0.3 is 0 Å². The number of benzene rings is 1. The van der Waals surface area contributed by atoms with Crippen LogP contribution in [-0.4, -0.2) is 16.1 Å². The van der Waals surface area contributed by atoms with Gasteiger partial charge in [-0.25, -0.2) is 0 Å². The Balaban J connectivity index is 2.17. The molecule has 0 atom stereocenters. The summed E-state index contributed by atoms with van der Waals surface area (Å²) in [6.07, 6.45) is 2.89. The van der Waals surface area contributed by atoms with Gasteiger partial charge in [-0.1, -0.05) is 43.7 Å². The van der Waals surface area contributed by atoms with Gasteiger partial charge in [0.2, 0.25) is 5.13 Å². The highest BCUT2D eigenvalue weighted by atomic mass is 32.1. The minimum absolute atomic E-state index is 0.112. The summed E-state index contributed by atoms with van der Waals surface area (Å²) in [5, 5.41) is 12.3. The molecule has 2 aromatic rings. The second kappa shape index (κ2) is 6.61. The molecule has 5 heteroatoms. The molecule has 106 valence electrons. The number of nitrogens with zero attached hydrogens (tertiary/aromatic N) is 2. The van der Waals surface area contributed by atoms with E-state index in [1.54, 1.807) is 0 Å². The Bertz CT molecular complexity index is 607. The van der Waals surface area contributed by atoms with E-state index in [2.05, 4.69) is 28.5 Å². The third kappa shape index (κ3) is 3.42. The van der Waals surface area contributed by atoms with Crippen molar-refractivity contribution in [3.05, 3.63) is 39.9 Å². The molecule has 1 N–H and O–H groups in total. The normalized spacial score (nSPS) is 10.6. The van der Waals surface area contributed by atoms with Crippen LogP contribution in [0.1, 0.15) is 46.8 Å². The number of aryl methyl sites for hydroxylation is 3. The molecule has 1 aromatic heterocycles. The average molecular weight is 289 g/mol. The molecule has 20 heavy (non-hydrogen) atoms. The molecule has 1 aromatic carbocycles. The van der Waals surface area contributed by atoms with Crippen LogP contribution >= 0.6 is 11.3 Å². The molecule has 0 radical (unpaired) electrons. The molecule has 0 aliphatic rings. The van der Waals surface area contributed by atoms with Gasteiger partial charge in [-0.2, -0.15) is 0 Å². The van der Waals surface area contributed by atoms with Crippen molar-refractivity contribution >= 4 is 22.4 Å². The van der Waals surface area contributed by atoms with Crippen LogP contribution in [0.5, 0.6) is 0 Å². The largest absolute Gasteiger partial charge is 0.296 e. The summed E-state index contributed by atoms with van der Waals surface area (Å²) in [5.41, 5.74) is 2.88. The number of rotatable bonds is 5. The van der Waals surface area contributed by atoms with Crippen molar-refractivity contribution in [1.82, 2.24) is 10.2 Å². The van der Waals surface area contributed by atoms with E-state index >= 15 is 0 Å². The van der Waals surface area contributed by atoms with Crippen LogP contribution in [0.25, 0.3) is 0 Å². The predicted molar refractivity (Wildman–Crippen MR) is 82.4 cm³/mol. The van der Waals surface area contributed by atoms with Crippen molar-refractivity contribution < 1.29 is 4.79 Å². The van der Waals surface area contributed by atoms with Crippen molar-refractivity contribution in [2.45, 2.75) is 40.0 Å². The minimum Gasteiger partial charge on any atom is -0.296 e. The standard InChI is InChI=1S/C15H19N3OS/c1-4-6-11-8-7-10(3)12(9-11)14(19)16-15-18-17-13(5-2)20-15/h7-9H,4-6H2,1-3H3,(H,16,18,19). The number of hydrogen-bond acceptors (Lipinski definition) is 4. The zero-order valence-corrected chi connectivity index (χ0v) is 12.9. The number of hydrogen-bond donors (Lipinski definition) is 1. The number of anilines is 1. The van der Waals surface area contributed by atoms with Gasteiger partial charge in [0.1, 0.15) is 5.01 Å². The summed E-state index contributed by atoms with van der Waals surface area (Å²) in [4.78, 5) is 12.3. The Morgan fingerprint density at radius 1 is 1.30 bits per heavy atom. The second-order valence-corrected chi connectivity index (χ2v) is 5.77. The molecule has 1 amide bonds. The smallest absolute Gasteiger partial charge is 0.257 e. The van der Waals surface area contributed by atoms with Crippen molar-refractivity contribution in [2.75, 3.05) is 5.32 Å². The number of nitrogens with one attached hydrogen (secondary N) is 1. The summed E-state index contributed by atoms with van der Waals surface area (Å²) >= 11 is 1.42. The fourth-order valence-corrected chi connectivity index (χ4v) is 2.64. The van der Waals surface area contributed by atoms with E-state index in [0.717, 1.165) is 29.8 Å². The Hall–Kier alpha value is -1.75. The van der Waals surface area contributed by atoms with E-state index in [0.29, 0.717) is 10.7 Å². The molecule has 0 spiro atoms. The van der Waals surface area contributed by atoms with Gasteiger partial charge in [0.25, 0.3) is 5.91 Å². The average Bonchev–Trinajstić information content (AvgIpc) is 2.88. The predicted octanol–water partition coefficient (Wildman–Crippen LogP) is 3.61. The van der Waals surface area contributed by atoms with Gasteiger partial charge in [0.05, 0.1) is 0 Å². The summed E-state index contributed by atoms with van der Waals surface area (Å²) in [5.74, 6) is -0.112.